The number of hydrogen-bond donors (Lipinski definition) is 3. The minimum Gasteiger partial charge on any atom is -0.361 e. The molecule has 2 aromatic carbocycles. The van der Waals surface area contributed by atoms with Crippen molar-refractivity contribution in [3.8, 4) is 0 Å². The fourth-order valence-electron chi connectivity index (χ4n) is 2.79. The van der Waals surface area contributed by atoms with Gasteiger partial charge in [0, 0.05) is 36.6 Å². The topological polar surface area (TPSA) is 74.0 Å². The minimum absolute atomic E-state index is 0.0932. The molecule has 0 radical (unpaired) electrons. The van der Waals surface area contributed by atoms with Gasteiger partial charge in [-0.05, 0) is 30.2 Å². The Hall–Kier alpha value is -2.79. The standard InChI is InChI=1S/C20H20ClN3O2/c21-17-7-3-1-6-16(17)20(26)23-12-10-19(25)22-11-9-14-13-24-18-8-4-2-5-15(14)18/h1-8,13,24H,9-12H2,(H,22,25)(H,23,26). The number of H-pyrrole nitrogens is 1. The number of rotatable bonds is 7. The van der Waals surface area contributed by atoms with Gasteiger partial charge in [-0.1, -0.05) is 41.9 Å². The molecule has 0 atom stereocenters. The van der Waals surface area contributed by atoms with Crippen LogP contribution in [0, 0.1) is 0 Å². The van der Waals surface area contributed by atoms with E-state index in [9.17, 15) is 9.59 Å². The van der Waals surface area contributed by atoms with Crippen LogP contribution in [-0.4, -0.2) is 29.9 Å². The van der Waals surface area contributed by atoms with Gasteiger partial charge in [-0.15, -0.1) is 0 Å². The number of hydrogen-bond acceptors (Lipinski definition) is 2. The lowest BCUT2D eigenvalue weighted by atomic mass is 10.1. The molecule has 3 aromatic rings. The molecule has 2 amide bonds. The third kappa shape index (κ3) is 4.43. The third-order valence-electron chi connectivity index (χ3n) is 4.15. The van der Waals surface area contributed by atoms with Crippen molar-refractivity contribution in [2.24, 2.45) is 0 Å². The average Bonchev–Trinajstić information content (AvgIpc) is 3.05. The van der Waals surface area contributed by atoms with Crippen LogP contribution < -0.4 is 10.6 Å². The summed E-state index contributed by atoms with van der Waals surface area (Å²) in [5.41, 5.74) is 2.68. The van der Waals surface area contributed by atoms with Crippen molar-refractivity contribution >= 4 is 34.3 Å². The highest BCUT2D eigenvalue weighted by molar-refractivity contribution is 6.33. The van der Waals surface area contributed by atoms with Gasteiger partial charge in [-0.25, -0.2) is 0 Å². The average molecular weight is 370 g/mol. The predicted octanol–water partition coefficient (Wildman–Crippen LogP) is 3.30. The van der Waals surface area contributed by atoms with E-state index < -0.39 is 0 Å². The Morgan fingerprint density at radius 1 is 0.962 bits per heavy atom. The van der Waals surface area contributed by atoms with Crippen molar-refractivity contribution < 1.29 is 9.59 Å². The van der Waals surface area contributed by atoms with Crippen molar-refractivity contribution in [3.05, 3.63) is 70.9 Å². The number of benzene rings is 2. The SMILES string of the molecule is O=C(CCNC(=O)c1ccccc1Cl)NCCc1c[nH]c2ccccc12. The third-order valence-corrected chi connectivity index (χ3v) is 4.48. The maximum absolute atomic E-state index is 12.0. The summed E-state index contributed by atoms with van der Waals surface area (Å²) in [7, 11) is 0. The van der Waals surface area contributed by atoms with Gasteiger partial charge in [-0.3, -0.25) is 9.59 Å². The van der Waals surface area contributed by atoms with Gasteiger partial charge >= 0.3 is 0 Å². The van der Waals surface area contributed by atoms with E-state index in [4.69, 9.17) is 11.6 Å². The van der Waals surface area contributed by atoms with Crippen LogP contribution in [0.1, 0.15) is 22.3 Å². The number of carbonyl (C=O) groups excluding carboxylic acids is 2. The van der Waals surface area contributed by atoms with Crippen LogP contribution in [0.3, 0.4) is 0 Å². The summed E-state index contributed by atoms with van der Waals surface area (Å²) >= 11 is 5.98. The second-order valence-electron chi connectivity index (χ2n) is 5.95. The number of halogens is 1. The number of fused-ring (bicyclic) bond motifs is 1. The van der Waals surface area contributed by atoms with Crippen molar-refractivity contribution in [1.82, 2.24) is 15.6 Å². The first kappa shape index (κ1) is 18.0. The quantitative estimate of drug-likeness (QED) is 0.597. The first-order valence-corrected chi connectivity index (χ1v) is 8.87. The second kappa shape index (κ2) is 8.54. The first-order valence-electron chi connectivity index (χ1n) is 8.49. The van der Waals surface area contributed by atoms with Gasteiger partial charge in [0.2, 0.25) is 5.91 Å². The van der Waals surface area contributed by atoms with Gasteiger partial charge in [0.25, 0.3) is 5.91 Å². The van der Waals surface area contributed by atoms with Crippen LogP contribution in [-0.2, 0) is 11.2 Å². The van der Waals surface area contributed by atoms with Crippen LogP contribution in [0.5, 0.6) is 0 Å². The summed E-state index contributed by atoms with van der Waals surface area (Å²) in [6.45, 7) is 0.822. The van der Waals surface area contributed by atoms with Crippen LogP contribution in [0.2, 0.25) is 5.02 Å². The van der Waals surface area contributed by atoms with Crippen molar-refractivity contribution in [2.75, 3.05) is 13.1 Å². The molecule has 0 aliphatic heterocycles. The smallest absolute Gasteiger partial charge is 0.252 e. The molecule has 0 saturated heterocycles. The molecule has 0 spiro atoms. The molecule has 0 unspecified atom stereocenters. The van der Waals surface area contributed by atoms with Crippen LogP contribution in [0.25, 0.3) is 10.9 Å². The van der Waals surface area contributed by atoms with E-state index in [-0.39, 0.29) is 24.8 Å². The minimum atomic E-state index is -0.276. The normalized spacial score (nSPS) is 10.7. The summed E-state index contributed by atoms with van der Waals surface area (Å²) < 4.78 is 0. The molecule has 0 saturated carbocycles. The highest BCUT2D eigenvalue weighted by atomic mass is 35.5. The molecule has 1 aromatic heterocycles. The van der Waals surface area contributed by atoms with Crippen LogP contribution >= 0.6 is 11.6 Å². The zero-order valence-corrected chi connectivity index (χ0v) is 15.0. The Morgan fingerprint density at radius 3 is 2.58 bits per heavy atom. The Bertz CT molecular complexity index is 920. The van der Waals surface area contributed by atoms with Crippen molar-refractivity contribution in [2.45, 2.75) is 12.8 Å². The first-order chi connectivity index (χ1) is 12.6. The molecule has 6 heteroatoms. The van der Waals surface area contributed by atoms with Crippen LogP contribution in [0.15, 0.2) is 54.7 Å². The second-order valence-corrected chi connectivity index (χ2v) is 6.35. The lowest BCUT2D eigenvalue weighted by molar-refractivity contribution is -0.120. The number of nitrogens with one attached hydrogen (secondary N) is 3. The molecule has 0 fully saturated rings. The van der Waals surface area contributed by atoms with Gasteiger partial charge in [0.05, 0.1) is 10.6 Å². The van der Waals surface area contributed by atoms with Gasteiger partial charge in [0.1, 0.15) is 0 Å². The van der Waals surface area contributed by atoms with E-state index in [0.29, 0.717) is 17.1 Å². The Morgan fingerprint density at radius 2 is 1.73 bits per heavy atom. The van der Waals surface area contributed by atoms with E-state index >= 15 is 0 Å². The number of amides is 2. The molecule has 0 bridgehead atoms. The Kier molecular flexibility index (Phi) is 5.92. The Labute approximate surface area is 156 Å². The lowest BCUT2D eigenvalue weighted by Crippen LogP contribution is -2.31. The van der Waals surface area contributed by atoms with E-state index in [2.05, 4.69) is 21.7 Å². The van der Waals surface area contributed by atoms with E-state index in [1.165, 1.54) is 10.9 Å². The molecule has 1 heterocycles. The van der Waals surface area contributed by atoms with Gasteiger partial charge in [0.15, 0.2) is 0 Å². The fraction of sp³-hybridized carbons (Fsp3) is 0.200. The highest BCUT2D eigenvalue weighted by Gasteiger charge is 2.10. The maximum atomic E-state index is 12.0. The molecule has 5 nitrogen and oxygen atoms in total. The summed E-state index contributed by atoms with van der Waals surface area (Å²) in [5, 5.41) is 7.16. The molecule has 0 aliphatic carbocycles. The summed E-state index contributed by atoms with van der Waals surface area (Å²) in [6, 6.07) is 14.9. The molecule has 3 rings (SSSR count). The number of aromatic amines is 1. The summed E-state index contributed by atoms with van der Waals surface area (Å²) in [5.74, 6) is -0.369. The molecule has 0 aliphatic rings. The number of aromatic nitrogens is 1. The van der Waals surface area contributed by atoms with Gasteiger partial charge in [-0.2, -0.15) is 0 Å². The molecular formula is C20H20ClN3O2. The van der Waals surface area contributed by atoms with Gasteiger partial charge < -0.3 is 15.6 Å². The number of carbonyl (C=O) groups is 2. The summed E-state index contributed by atoms with van der Waals surface area (Å²) in [4.78, 5) is 27.2. The van der Waals surface area contributed by atoms with E-state index in [1.807, 2.05) is 24.4 Å². The molecular weight excluding hydrogens is 350 g/mol. The largest absolute Gasteiger partial charge is 0.361 e. The summed E-state index contributed by atoms with van der Waals surface area (Å²) in [6.07, 6.45) is 2.95. The van der Waals surface area contributed by atoms with E-state index in [1.54, 1.807) is 24.3 Å². The fourth-order valence-corrected chi connectivity index (χ4v) is 3.02. The molecule has 3 N–H and O–H groups in total. The zero-order valence-electron chi connectivity index (χ0n) is 14.2. The van der Waals surface area contributed by atoms with E-state index in [0.717, 1.165) is 11.9 Å². The number of para-hydroxylation sites is 1. The predicted molar refractivity (Wildman–Crippen MR) is 103 cm³/mol. The monoisotopic (exact) mass is 369 g/mol. The van der Waals surface area contributed by atoms with Crippen molar-refractivity contribution in [3.63, 3.8) is 0 Å². The Balaban J connectivity index is 1.39. The lowest BCUT2D eigenvalue weighted by Gasteiger charge is -2.07. The maximum Gasteiger partial charge on any atom is 0.252 e. The molecule has 26 heavy (non-hydrogen) atoms. The van der Waals surface area contributed by atoms with Crippen LogP contribution in [0.4, 0.5) is 0 Å². The molecule has 134 valence electrons. The zero-order chi connectivity index (χ0) is 18.4. The highest BCUT2D eigenvalue weighted by Crippen LogP contribution is 2.17. The van der Waals surface area contributed by atoms with Crippen molar-refractivity contribution in [1.29, 1.82) is 0 Å².